The molecule has 45 heavy (non-hydrogen) atoms. The zero-order valence-electron chi connectivity index (χ0n) is 27.7. The van der Waals surface area contributed by atoms with E-state index >= 15 is 0 Å². The van der Waals surface area contributed by atoms with Crippen molar-refractivity contribution in [1.82, 2.24) is 0 Å². The molecule has 0 radical (unpaired) electrons. The summed E-state index contributed by atoms with van der Waals surface area (Å²) in [7, 11) is 4.26. The monoisotopic (exact) mass is 664 g/mol. The minimum absolute atomic E-state index is 0.819. The second kappa shape index (κ2) is 23.4. The van der Waals surface area contributed by atoms with E-state index in [1.807, 2.05) is 6.21 Å². The van der Waals surface area contributed by atoms with Gasteiger partial charge >= 0.3 is 24.8 Å². The Hall–Kier alpha value is -3.00. The molecule has 0 aliphatic heterocycles. The quantitative estimate of drug-likeness (QED) is 0.0554. The van der Waals surface area contributed by atoms with E-state index in [2.05, 4.69) is 156 Å². The first kappa shape index (κ1) is 38.2. The van der Waals surface area contributed by atoms with Crippen LogP contribution in [0.5, 0.6) is 0 Å². The van der Waals surface area contributed by atoms with Crippen LogP contribution in [0, 0.1) is 13.8 Å². The summed E-state index contributed by atoms with van der Waals surface area (Å²) in [4.78, 5) is 9.83. The molecular formula is C41H51ClN2Ni-. The summed E-state index contributed by atoms with van der Waals surface area (Å²) < 4.78 is 0. The normalized spacial score (nSPS) is 11.1. The van der Waals surface area contributed by atoms with Gasteiger partial charge in [-0.3, -0.25) is 9.98 Å². The molecule has 0 aromatic heterocycles. The van der Waals surface area contributed by atoms with Gasteiger partial charge in [0.1, 0.15) is 0 Å². The van der Waals surface area contributed by atoms with Crippen molar-refractivity contribution in [1.29, 1.82) is 0 Å². The van der Waals surface area contributed by atoms with E-state index < -0.39 is 0 Å². The molecule has 4 heteroatoms. The molecule has 2 nitrogen and oxygen atoms in total. The number of aryl methyl sites for hydroxylation is 2. The Morgan fingerprint density at radius 2 is 1.24 bits per heavy atom. The Morgan fingerprint density at radius 1 is 0.689 bits per heavy atom. The molecule has 4 aromatic rings. The molecule has 0 saturated heterocycles. The maximum atomic E-state index is 4.96. The number of nitrogens with zero attached hydrogens (tertiary/aromatic N) is 2. The van der Waals surface area contributed by atoms with Crippen molar-refractivity contribution >= 4 is 33.5 Å². The molecule has 0 unspecified atom stereocenters. The molecule has 243 valence electrons. The molecule has 0 aliphatic carbocycles. The summed E-state index contributed by atoms with van der Waals surface area (Å²) in [5, 5.41) is 0. The number of unbranched alkanes of at least 4 members (excludes halogenated alkanes) is 6. The number of halogens is 1. The summed E-state index contributed by atoms with van der Waals surface area (Å²) in [6.45, 7) is 12.3. The fourth-order valence-corrected chi connectivity index (χ4v) is 4.97. The summed E-state index contributed by atoms with van der Waals surface area (Å²) in [6, 6.07) is 34.3. The zero-order chi connectivity index (χ0) is 32.7. The van der Waals surface area contributed by atoms with Crippen molar-refractivity contribution in [2.75, 3.05) is 0 Å². The van der Waals surface area contributed by atoms with Crippen molar-refractivity contribution in [2.24, 2.45) is 9.98 Å². The second-order valence-electron chi connectivity index (χ2n) is 11.2. The fourth-order valence-electron chi connectivity index (χ4n) is 4.97. The summed E-state index contributed by atoms with van der Waals surface area (Å²) in [5.74, 6) is 0. The first-order chi connectivity index (χ1) is 22.1. The Kier molecular flexibility index (Phi) is 19.8. The van der Waals surface area contributed by atoms with Crippen LogP contribution in [0.2, 0.25) is 0 Å². The molecule has 0 fully saturated rings. The van der Waals surface area contributed by atoms with Gasteiger partial charge < -0.3 is 6.92 Å². The molecule has 0 amide bonds. The van der Waals surface area contributed by atoms with Crippen molar-refractivity contribution in [3.63, 3.8) is 0 Å². The Bertz CT molecular complexity index is 1410. The third-order valence-corrected chi connectivity index (χ3v) is 7.64. The third kappa shape index (κ3) is 13.9. The van der Waals surface area contributed by atoms with E-state index in [-0.39, 0.29) is 0 Å². The first-order valence-electron chi connectivity index (χ1n) is 16.5. The van der Waals surface area contributed by atoms with Gasteiger partial charge in [0, 0.05) is 6.21 Å². The average molecular weight is 666 g/mol. The van der Waals surface area contributed by atoms with Crippen LogP contribution in [0.15, 0.2) is 107 Å². The van der Waals surface area contributed by atoms with Crippen LogP contribution in [0.4, 0.5) is 11.4 Å². The van der Waals surface area contributed by atoms with E-state index in [4.69, 9.17) is 9.98 Å². The van der Waals surface area contributed by atoms with Crippen LogP contribution >= 0.6 is 10.2 Å². The van der Waals surface area contributed by atoms with E-state index in [0.717, 1.165) is 36.3 Å². The Morgan fingerprint density at radius 3 is 1.84 bits per heavy atom. The summed E-state index contributed by atoms with van der Waals surface area (Å²) in [6.07, 6.45) is 14.0. The molecule has 0 saturated carbocycles. The number of rotatable bonds is 14. The summed E-state index contributed by atoms with van der Waals surface area (Å²) >= 11 is 3.35. The van der Waals surface area contributed by atoms with Gasteiger partial charge in [0.05, 0.1) is 17.1 Å². The van der Waals surface area contributed by atoms with E-state index in [9.17, 15) is 0 Å². The van der Waals surface area contributed by atoms with Gasteiger partial charge in [-0.2, -0.15) is 6.42 Å². The standard InChI is InChI=1S/C37H42N2.C4H9.ClH.Ni/c1-4-6-7-8-9-12-21-32-23-25-34(26-37(32)31-19-15-11-16-20-31)38-28-33(5-2)39-35-24-22-29(3)36(27-35)30-17-13-10-14-18-30;1-3-4-2;;/h10-11,13-20,22-28H,4-9,12,21H2,1-3H3;1,3-4H2,2H3;1H;/q;-1;;+1/p-1. The molecule has 0 spiro atoms. The zero-order valence-corrected chi connectivity index (χ0v) is 29.4. The summed E-state index contributed by atoms with van der Waals surface area (Å²) in [5.41, 5.74) is 10.5. The van der Waals surface area contributed by atoms with Gasteiger partial charge in [0.25, 0.3) is 0 Å². The topological polar surface area (TPSA) is 24.7 Å². The average Bonchev–Trinajstić information content (AvgIpc) is 3.11. The Balaban J connectivity index is 0.00000109. The number of benzene rings is 4. The van der Waals surface area contributed by atoms with E-state index in [1.54, 1.807) is 0 Å². The molecule has 0 atom stereocenters. The van der Waals surface area contributed by atoms with Crippen molar-refractivity contribution in [3.05, 3.63) is 115 Å². The Labute approximate surface area is 286 Å². The second-order valence-corrected chi connectivity index (χ2v) is 11.2. The predicted octanol–water partition coefficient (Wildman–Crippen LogP) is 13.4. The van der Waals surface area contributed by atoms with Crippen LogP contribution in [-0.4, -0.2) is 11.9 Å². The van der Waals surface area contributed by atoms with Crippen LogP contribution in [-0.2, 0) is 21.0 Å². The number of hydrogen-bond donors (Lipinski definition) is 0. The van der Waals surface area contributed by atoms with Gasteiger partial charge in [0.2, 0.25) is 0 Å². The van der Waals surface area contributed by atoms with Gasteiger partial charge in [0.15, 0.2) is 0 Å². The van der Waals surface area contributed by atoms with E-state index in [1.165, 1.54) is 78.3 Å². The van der Waals surface area contributed by atoms with Crippen LogP contribution in [0.1, 0.15) is 89.7 Å². The number of aliphatic imine (C=N–C) groups is 2. The third-order valence-electron chi connectivity index (χ3n) is 7.64. The molecular weight excluding hydrogens is 615 g/mol. The maximum absolute atomic E-state index is 4.96. The van der Waals surface area contributed by atoms with E-state index in [0.29, 0.717) is 0 Å². The molecule has 0 bridgehead atoms. The molecule has 4 aromatic carbocycles. The molecule has 4 rings (SSSR count). The van der Waals surface area contributed by atoms with Gasteiger partial charge in [-0.15, -0.1) is 0 Å². The van der Waals surface area contributed by atoms with Crippen LogP contribution < -0.4 is 0 Å². The van der Waals surface area contributed by atoms with Gasteiger partial charge in [-0.1, -0.05) is 132 Å². The van der Waals surface area contributed by atoms with Crippen LogP contribution in [0.25, 0.3) is 22.3 Å². The predicted molar refractivity (Wildman–Crippen MR) is 197 cm³/mol. The fraction of sp³-hybridized carbons (Fsp3) is 0.341. The van der Waals surface area contributed by atoms with Gasteiger partial charge in [-0.25, -0.2) is 0 Å². The van der Waals surface area contributed by atoms with Crippen molar-refractivity contribution in [3.8, 4) is 22.3 Å². The SMILES string of the molecule is CCCCCCCCc1ccc(N=CC(CC)=Nc2ccc(C)c(-c3ccccc3)c2)cc1-c1ccccc1.[CH2-]CCC.[Cl][Ni]. The van der Waals surface area contributed by atoms with Gasteiger partial charge in [-0.05, 0) is 83.8 Å². The first-order valence-corrected chi connectivity index (χ1v) is 17.8. The molecule has 0 N–H and O–H groups in total. The number of hydrogen-bond acceptors (Lipinski definition) is 2. The van der Waals surface area contributed by atoms with Crippen molar-refractivity contribution in [2.45, 2.75) is 91.9 Å². The molecule has 0 heterocycles. The molecule has 0 aliphatic rings. The van der Waals surface area contributed by atoms with Crippen molar-refractivity contribution < 1.29 is 14.6 Å². The minimum atomic E-state index is 0.819. The van der Waals surface area contributed by atoms with Crippen LogP contribution in [0.3, 0.4) is 0 Å².